The van der Waals surface area contributed by atoms with Gasteiger partial charge in [-0.1, -0.05) is 30.3 Å². The third-order valence-corrected chi connectivity index (χ3v) is 4.37. The summed E-state index contributed by atoms with van der Waals surface area (Å²) >= 11 is 5.22. The van der Waals surface area contributed by atoms with E-state index in [9.17, 15) is 5.11 Å². The standard InChI is InChI=1S/C18H21N3O2S/c1-12(20-21-18(24)19-11-14-6-4-10-23-14)15-9-8-13-5-2-3-7-16(13)17(15)22/h2-3,5,7-9,14,22H,4,6,10-11H2,1H3,(H2,19,21,24)/b20-12+/t14-/m0/s1. The van der Waals surface area contributed by atoms with Gasteiger partial charge in [0.25, 0.3) is 0 Å². The van der Waals surface area contributed by atoms with Gasteiger partial charge in [0.2, 0.25) is 0 Å². The number of nitrogens with one attached hydrogen (secondary N) is 2. The molecule has 0 spiro atoms. The van der Waals surface area contributed by atoms with Crippen LogP contribution in [-0.4, -0.2) is 35.2 Å². The Kier molecular flexibility index (Phi) is 5.27. The molecular weight excluding hydrogens is 322 g/mol. The highest BCUT2D eigenvalue weighted by atomic mass is 32.1. The number of thiocarbonyl (C=S) groups is 1. The number of ether oxygens (including phenoxy) is 1. The van der Waals surface area contributed by atoms with E-state index in [0.29, 0.717) is 22.9 Å². The third kappa shape index (κ3) is 3.83. The summed E-state index contributed by atoms with van der Waals surface area (Å²) in [4.78, 5) is 0. The van der Waals surface area contributed by atoms with Gasteiger partial charge in [0.15, 0.2) is 5.11 Å². The number of phenols is 1. The molecule has 1 heterocycles. The van der Waals surface area contributed by atoms with Crippen molar-refractivity contribution in [2.75, 3.05) is 13.2 Å². The molecule has 0 saturated carbocycles. The van der Waals surface area contributed by atoms with Crippen molar-refractivity contribution in [1.82, 2.24) is 10.7 Å². The first-order valence-electron chi connectivity index (χ1n) is 8.06. The third-order valence-electron chi connectivity index (χ3n) is 4.13. The van der Waals surface area contributed by atoms with Gasteiger partial charge in [-0.15, -0.1) is 0 Å². The first-order valence-corrected chi connectivity index (χ1v) is 8.47. The molecule has 24 heavy (non-hydrogen) atoms. The van der Waals surface area contributed by atoms with E-state index < -0.39 is 0 Å². The molecule has 6 heteroatoms. The highest BCUT2D eigenvalue weighted by Crippen LogP contribution is 2.28. The van der Waals surface area contributed by atoms with Crippen molar-refractivity contribution in [1.29, 1.82) is 0 Å². The van der Waals surface area contributed by atoms with Crippen molar-refractivity contribution in [3.63, 3.8) is 0 Å². The molecule has 0 bridgehead atoms. The van der Waals surface area contributed by atoms with Crippen molar-refractivity contribution in [2.24, 2.45) is 5.10 Å². The lowest BCUT2D eigenvalue weighted by molar-refractivity contribution is 0.114. The molecule has 126 valence electrons. The maximum atomic E-state index is 10.5. The van der Waals surface area contributed by atoms with E-state index in [1.54, 1.807) is 0 Å². The van der Waals surface area contributed by atoms with Crippen LogP contribution in [0.25, 0.3) is 10.8 Å². The zero-order valence-electron chi connectivity index (χ0n) is 13.6. The van der Waals surface area contributed by atoms with E-state index in [0.717, 1.165) is 30.2 Å². The Labute approximate surface area is 146 Å². The smallest absolute Gasteiger partial charge is 0.187 e. The Bertz CT molecular complexity index is 770. The predicted octanol–water partition coefficient (Wildman–Crippen LogP) is 2.91. The maximum absolute atomic E-state index is 10.5. The second kappa shape index (κ2) is 7.59. The molecule has 1 aliphatic heterocycles. The number of nitrogens with zero attached hydrogens (tertiary/aromatic N) is 1. The molecule has 3 rings (SSSR count). The van der Waals surface area contributed by atoms with Crippen molar-refractivity contribution in [2.45, 2.75) is 25.9 Å². The van der Waals surface area contributed by atoms with E-state index in [1.165, 1.54) is 0 Å². The predicted molar refractivity (Wildman–Crippen MR) is 101 cm³/mol. The number of hydrogen-bond acceptors (Lipinski definition) is 4. The molecule has 1 aliphatic rings. The molecule has 0 aromatic heterocycles. The number of rotatable bonds is 4. The highest BCUT2D eigenvalue weighted by molar-refractivity contribution is 7.80. The van der Waals surface area contributed by atoms with Gasteiger partial charge in [-0.05, 0) is 43.4 Å². The number of aromatic hydroxyl groups is 1. The minimum Gasteiger partial charge on any atom is -0.507 e. The molecular formula is C18H21N3O2S. The first kappa shape index (κ1) is 16.7. The van der Waals surface area contributed by atoms with Crippen LogP contribution in [0.4, 0.5) is 0 Å². The minimum absolute atomic E-state index is 0.222. The van der Waals surface area contributed by atoms with Gasteiger partial charge in [-0.3, -0.25) is 5.43 Å². The second-order valence-corrected chi connectivity index (χ2v) is 6.25. The van der Waals surface area contributed by atoms with Gasteiger partial charge in [-0.25, -0.2) is 0 Å². The van der Waals surface area contributed by atoms with E-state index in [1.807, 2.05) is 43.3 Å². The van der Waals surface area contributed by atoms with Gasteiger partial charge in [0.05, 0.1) is 11.8 Å². The van der Waals surface area contributed by atoms with Crippen molar-refractivity contribution in [3.8, 4) is 5.75 Å². The topological polar surface area (TPSA) is 65.9 Å². The van der Waals surface area contributed by atoms with E-state index in [4.69, 9.17) is 17.0 Å². The monoisotopic (exact) mass is 343 g/mol. The zero-order chi connectivity index (χ0) is 16.9. The summed E-state index contributed by atoms with van der Waals surface area (Å²) in [5, 5.41) is 20.1. The molecule has 1 saturated heterocycles. The summed E-state index contributed by atoms with van der Waals surface area (Å²) < 4.78 is 5.54. The fourth-order valence-corrected chi connectivity index (χ4v) is 2.92. The number of hydrazone groups is 1. The molecule has 3 N–H and O–H groups in total. The van der Waals surface area contributed by atoms with Crippen LogP contribution in [0.1, 0.15) is 25.3 Å². The van der Waals surface area contributed by atoms with Crippen molar-refractivity contribution < 1.29 is 9.84 Å². The fraction of sp³-hybridized carbons (Fsp3) is 0.333. The number of fused-ring (bicyclic) bond motifs is 1. The van der Waals surface area contributed by atoms with Crippen LogP contribution >= 0.6 is 12.2 Å². The van der Waals surface area contributed by atoms with Crippen LogP contribution in [0, 0.1) is 0 Å². The molecule has 2 aromatic carbocycles. The molecule has 0 unspecified atom stereocenters. The Morgan fingerprint density at radius 3 is 2.96 bits per heavy atom. The number of hydrogen-bond donors (Lipinski definition) is 3. The van der Waals surface area contributed by atoms with Crippen LogP contribution in [0.15, 0.2) is 41.5 Å². The maximum Gasteiger partial charge on any atom is 0.187 e. The SMILES string of the molecule is C/C(=N\NC(=S)NC[C@@H]1CCCO1)c1ccc2ccccc2c1O. The van der Waals surface area contributed by atoms with Gasteiger partial charge < -0.3 is 15.2 Å². The summed E-state index contributed by atoms with van der Waals surface area (Å²) in [5.41, 5.74) is 4.17. The van der Waals surface area contributed by atoms with E-state index in [-0.39, 0.29) is 11.9 Å². The van der Waals surface area contributed by atoms with Crippen LogP contribution in [0.3, 0.4) is 0 Å². The lowest BCUT2D eigenvalue weighted by Gasteiger charge is -2.12. The lowest BCUT2D eigenvalue weighted by atomic mass is 10.0. The summed E-state index contributed by atoms with van der Waals surface area (Å²) in [7, 11) is 0. The van der Waals surface area contributed by atoms with E-state index in [2.05, 4.69) is 15.8 Å². The summed E-state index contributed by atoms with van der Waals surface area (Å²) in [6.45, 7) is 3.34. The van der Waals surface area contributed by atoms with Gasteiger partial charge >= 0.3 is 0 Å². The molecule has 0 aliphatic carbocycles. The van der Waals surface area contributed by atoms with Crippen LogP contribution in [0.5, 0.6) is 5.75 Å². The highest BCUT2D eigenvalue weighted by Gasteiger charge is 2.15. The number of phenolic OH excluding ortho intramolecular Hbond substituents is 1. The molecule has 1 fully saturated rings. The van der Waals surface area contributed by atoms with Gasteiger partial charge in [0.1, 0.15) is 5.75 Å². The molecule has 1 atom stereocenters. The average Bonchev–Trinajstić information content (AvgIpc) is 3.12. The summed E-state index contributed by atoms with van der Waals surface area (Å²) in [6, 6.07) is 11.5. The van der Waals surface area contributed by atoms with Crippen LogP contribution in [-0.2, 0) is 4.74 Å². The Balaban J connectivity index is 1.64. The zero-order valence-corrected chi connectivity index (χ0v) is 14.4. The Morgan fingerprint density at radius 2 is 2.17 bits per heavy atom. The fourth-order valence-electron chi connectivity index (χ4n) is 2.79. The normalized spacial score (nSPS) is 17.9. The molecule has 0 radical (unpaired) electrons. The lowest BCUT2D eigenvalue weighted by Crippen LogP contribution is -2.37. The van der Waals surface area contributed by atoms with Gasteiger partial charge in [-0.2, -0.15) is 5.10 Å². The second-order valence-electron chi connectivity index (χ2n) is 5.84. The number of benzene rings is 2. The Morgan fingerprint density at radius 1 is 1.33 bits per heavy atom. The minimum atomic E-state index is 0.222. The summed E-state index contributed by atoms with van der Waals surface area (Å²) in [6.07, 6.45) is 2.38. The van der Waals surface area contributed by atoms with E-state index >= 15 is 0 Å². The average molecular weight is 343 g/mol. The molecule has 2 aromatic rings. The summed E-state index contributed by atoms with van der Waals surface area (Å²) in [5.74, 6) is 0.231. The Hall–Kier alpha value is -2.18. The van der Waals surface area contributed by atoms with Gasteiger partial charge in [0, 0.05) is 24.1 Å². The quantitative estimate of drug-likeness (QED) is 0.452. The van der Waals surface area contributed by atoms with Crippen molar-refractivity contribution in [3.05, 3.63) is 42.0 Å². The molecule has 0 amide bonds. The molecule has 5 nitrogen and oxygen atoms in total. The first-order chi connectivity index (χ1) is 11.6. The van der Waals surface area contributed by atoms with Crippen LogP contribution < -0.4 is 10.7 Å². The van der Waals surface area contributed by atoms with Crippen LogP contribution in [0.2, 0.25) is 0 Å². The largest absolute Gasteiger partial charge is 0.507 e. The van der Waals surface area contributed by atoms with Crippen molar-refractivity contribution >= 4 is 33.8 Å².